The Morgan fingerprint density at radius 1 is 1.00 bits per heavy atom. The van der Waals surface area contributed by atoms with Crippen molar-refractivity contribution in [2.45, 2.75) is 52.1 Å². The van der Waals surface area contributed by atoms with Crippen molar-refractivity contribution in [3.8, 4) is 0 Å². The van der Waals surface area contributed by atoms with Crippen LogP contribution in [0.5, 0.6) is 0 Å². The molecule has 0 bridgehead atoms. The molecule has 5 nitrogen and oxygen atoms in total. The zero-order chi connectivity index (χ0) is 19.6. The third-order valence-corrected chi connectivity index (χ3v) is 5.34. The number of hydrogen-bond acceptors (Lipinski definition) is 3. The molecule has 3 aromatic rings. The fraction of sp³-hybridized carbons (Fsp3) is 0.364. The smallest absolute Gasteiger partial charge is 0.318 e. The van der Waals surface area contributed by atoms with Crippen LogP contribution >= 0.6 is 0 Å². The van der Waals surface area contributed by atoms with E-state index in [0.717, 1.165) is 28.4 Å². The highest BCUT2D eigenvalue weighted by atomic mass is 16.6. The lowest BCUT2D eigenvalue weighted by atomic mass is 9.87. The van der Waals surface area contributed by atoms with E-state index in [2.05, 4.69) is 30.1 Å². The van der Waals surface area contributed by atoms with Crippen LogP contribution in [0.25, 0.3) is 21.8 Å². The third-order valence-electron chi connectivity index (χ3n) is 5.34. The van der Waals surface area contributed by atoms with Gasteiger partial charge in [0, 0.05) is 21.8 Å². The van der Waals surface area contributed by atoms with Crippen molar-refractivity contribution in [3.63, 3.8) is 0 Å². The van der Waals surface area contributed by atoms with Gasteiger partial charge in [-0.15, -0.1) is 0 Å². The molecule has 142 valence electrons. The number of carboxylic acid groups (broad SMARTS) is 1. The summed E-state index contributed by atoms with van der Waals surface area (Å²) in [6, 6.07) is 12.5. The number of carbonyl (C=O) groups excluding carboxylic acids is 1. The summed E-state index contributed by atoms with van der Waals surface area (Å²) in [5.74, 6) is -1.89. The number of nitrogens with one attached hydrogen (secondary N) is 1. The maximum absolute atomic E-state index is 12.0. The van der Waals surface area contributed by atoms with Gasteiger partial charge in [-0.05, 0) is 48.6 Å². The van der Waals surface area contributed by atoms with Crippen molar-refractivity contribution in [1.82, 2.24) is 4.98 Å². The van der Waals surface area contributed by atoms with Gasteiger partial charge in [0.2, 0.25) is 0 Å². The molecule has 2 aromatic carbocycles. The number of aliphatic carboxylic acids is 1. The van der Waals surface area contributed by atoms with Crippen molar-refractivity contribution in [2.75, 3.05) is 0 Å². The fourth-order valence-corrected chi connectivity index (χ4v) is 3.69. The molecule has 0 aliphatic carbocycles. The van der Waals surface area contributed by atoms with E-state index in [1.165, 1.54) is 10.9 Å². The number of hydrogen-bond donors (Lipinski definition) is 2. The first-order valence-electron chi connectivity index (χ1n) is 9.41. The molecule has 0 amide bonds. The van der Waals surface area contributed by atoms with Crippen molar-refractivity contribution in [3.05, 3.63) is 47.5 Å². The molecule has 0 atom stereocenters. The van der Waals surface area contributed by atoms with Crippen LogP contribution in [-0.4, -0.2) is 22.0 Å². The number of carbonyl (C=O) groups is 2. The molecule has 0 saturated heterocycles. The first-order chi connectivity index (χ1) is 12.9. The minimum atomic E-state index is -1.18. The maximum Gasteiger partial charge on any atom is 0.318 e. The van der Waals surface area contributed by atoms with Crippen LogP contribution in [0, 0.1) is 0 Å². The van der Waals surface area contributed by atoms with Gasteiger partial charge < -0.3 is 14.8 Å². The van der Waals surface area contributed by atoms with Crippen molar-refractivity contribution in [2.24, 2.45) is 0 Å². The summed E-state index contributed by atoms with van der Waals surface area (Å²) < 4.78 is 5.66. The van der Waals surface area contributed by atoms with Gasteiger partial charge in [0.15, 0.2) is 0 Å². The lowest BCUT2D eigenvalue weighted by Gasteiger charge is -2.32. The molecule has 27 heavy (non-hydrogen) atoms. The van der Waals surface area contributed by atoms with E-state index in [9.17, 15) is 9.59 Å². The summed E-state index contributed by atoms with van der Waals surface area (Å²) in [7, 11) is 0. The Bertz CT molecular complexity index is 998. The number of carboxylic acids is 1. The highest BCUT2D eigenvalue weighted by Gasteiger charge is 2.33. The van der Waals surface area contributed by atoms with Gasteiger partial charge >= 0.3 is 11.9 Å². The Kier molecular flexibility index (Phi) is 5.22. The standard InChI is InChI=1S/C22H25NO4/c1-4-14-7-10-18-17(11-14)16-9-8-15(12-19(16)23-18)22(5-2,6-3)27-21(26)13-20(24)25/h7-12,23H,4-6,13H2,1-3H3,(H,24,25). The number of fused-ring (bicyclic) bond motifs is 3. The number of aromatic amines is 1. The van der Waals surface area contributed by atoms with E-state index in [1.54, 1.807) is 0 Å². The molecule has 0 radical (unpaired) electrons. The minimum Gasteiger partial charge on any atom is -0.481 e. The molecule has 3 rings (SSSR count). The lowest BCUT2D eigenvalue weighted by molar-refractivity contribution is -0.165. The number of benzene rings is 2. The second-order valence-electron chi connectivity index (χ2n) is 6.86. The maximum atomic E-state index is 12.0. The van der Waals surface area contributed by atoms with Crippen LogP contribution in [-0.2, 0) is 26.3 Å². The molecule has 2 N–H and O–H groups in total. The van der Waals surface area contributed by atoms with Crippen LogP contribution in [0.1, 0.15) is 51.2 Å². The van der Waals surface area contributed by atoms with Gasteiger partial charge in [-0.1, -0.05) is 39.0 Å². The Morgan fingerprint density at radius 2 is 1.74 bits per heavy atom. The predicted molar refractivity (Wildman–Crippen MR) is 106 cm³/mol. The molecule has 1 heterocycles. The number of H-pyrrole nitrogens is 1. The Hall–Kier alpha value is -2.82. The van der Waals surface area contributed by atoms with Crippen LogP contribution < -0.4 is 0 Å². The van der Waals surface area contributed by atoms with Crippen LogP contribution in [0.3, 0.4) is 0 Å². The van der Waals surface area contributed by atoms with Crippen molar-refractivity contribution >= 4 is 33.7 Å². The molecular weight excluding hydrogens is 342 g/mol. The monoisotopic (exact) mass is 367 g/mol. The second kappa shape index (κ2) is 7.43. The summed E-state index contributed by atoms with van der Waals surface area (Å²) in [6.07, 6.45) is 1.49. The largest absolute Gasteiger partial charge is 0.481 e. The minimum absolute atomic E-state index is 0.570. The van der Waals surface area contributed by atoms with Gasteiger partial charge in [0.1, 0.15) is 12.0 Å². The number of rotatable bonds is 7. The zero-order valence-corrected chi connectivity index (χ0v) is 16.0. The first kappa shape index (κ1) is 19.0. The molecule has 1 aromatic heterocycles. The zero-order valence-electron chi connectivity index (χ0n) is 16.0. The van der Waals surface area contributed by atoms with Gasteiger partial charge in [0.05, 0.1) is 0 Å². The summed E-state index contributed by atoms with van der Waals surface area (Å²) in [5, 5.41) is 11.2. The Balaban J connectivity index is 2.06. The number of esters is 1. The van der Waals surface area contributed by atoms with Crippen molar-refractivity contribution < 1.29 is 19.4 Å². The van der Waals surface area contributed by atoms with Gasteiger partial charge in [-0.2, -0.15) is 0 Å². The predicted octanol–water partition coefficient (Wildman–Crippen LogP) is 4.92. The van der Waals surface area contributed by atoms with E-state index in [0.29, 0.717) is 12.8 Å². The lowest BCUT2D eigenvalue weighted by Crippen LogP contribution is -2.32. The normalized spacial score (nSPS) is 11.8. The molecule has 0 saturated carbocycles. The van der Waals surface area contributed by atoms with E-state index in [4.69, 9.17) is 9.84 Å². The van der Waals surface area contributed by atoms with Crippen molar-refractivity contribution in [1.29, 1.82) is 0 Å². The summed E-state index contributed by atoms with van der Waals surface area (Å²) in [5.41, 5.74) is 3.39. The number of aromatic nitrogens is 1. The molecule has 0 unspecified atom stereocenters. The van der Waals surface area contributed by atoms with Gasteiger partial charge in [-0.25, -0.2) is 0 Å². The first-order valence-corrected chi connectivity index (χ1v) is 9.41. The Morgan fingerprint density at radius 3 is 2.37 bits per heavy atom. The van der Waals surface area contributed by atoms with Crippen LogP contribution in [0.15, 0.2) is 36.4 Å². The highest BCUT2D eigenvalue weighted by Crippen LogP contribution is 2.36. The molecule has 0 spiro atoms. The van der Waals surface area contributed by atoms with Gasteiger partial charge in [-0.3, -0.25) is 9.59 Å². The molecular formula is C22H25NO4. The fourth-order valence-electron chi connectivity index (χ4n) is 3.69. The quantitative estimate of drug-likeness (QED) is 0.459. The van der Waals surface area contributed by atoms with Gasteiger partial charge in [0.25, 0.3) is 0 Å². The number of aryl methyl sites for hydroxylation is 1. The molecule has 0 aliphatic rings. The van der Waals surface area contributed by atoms with E-state index < -0.39 is 24.0 Å². The summed E-state index contributed by atoms with van der Waals surface area (Å²) >= 11 is 0. The van der Waals surface area contributed by atoms with E-state index in [1.807, 2.05) is 32.0 Å². The van der Waals surface area contributed by atoms with Crippen LogP contribution in [0.2, 0.25) is 0 Å². The second-order valence-corrected chi connectivity index (χ2v) is 6.86. The average Bonchev–Trinajstić information content (AvgIpc) is 3.02. The highest BCUT2D eigenvalue weighted by molar-refractivity contribution is 6.07. The summed E-state index contributed by atoms with van der Waals surface area (Å²) in [6.45, 7) is 6.03. The van der Waals surface area contributed by atoms with E-state index in [-0.39, 0.29) is 0 Å². The van der Waals surface area contributed by atoms with Crippen LogP contribution in [0.4, 0.5) is 0 Å². The number of ether oxygens (including phenoxy) is 1. The molecule has 0 aliphatic heterocycles. The topological polar surface area (TPSA) is 79.4 Å². The average molecular weight is 367 g/mol. The Labute approximate surface area is 158 Å². The SMILES string of the molecule is CCc1ccc2[nH]c3cc(C(CC)(CC)OC(=O)CC(=O)O)ccc3c2c1. The molecule has 0 fully saturated rings. The van der Waals surface area contributed by atoms with E-state index >= 15 is 0 Å². The molecule has 5 heteroatoms. The summed E-state index contributed by atoms with van der Waals surface area (Å²) in [4.78, 5) is 26.3. The third kappa shape index (κ3) is 3.54.